The topological polar surface area (TPSA) is 36.0 Å². The zero-order chi connectivity index (χ0) is 20.6. The summed E-state index contributed by atoms with van der Waals surface area (Å²) < 4.78 is 6.05. The molecular weight excluding hydrogens is 362 g/mol. The Bertz CT molecular complexity index is 792. The van der Waals surface area contributed by atoms with E-state index < -0.39 is 0 Å². The zero-order valence-corrected chi connectivity index (χ0v) is 17.9. The molecule has 2 aromatic carbocycles. The van der Waals surface area contributed by atoms with Gasteiger partial charge in [-0.3, -0.25) is 9.69 Å². The molecule has 0 radical (unpaired) electrons. The predicted molar refractivity (Wildman–Crippen MR) is 117 cm³/mol. The third-order valence-corrected chi connectivity index (χ3v) is 5.49. The highest BCUT2D eigenvalue weighted by Gasteiger charge is 2.20. The minimum absolute atomic E-state index is 0.0245. The van der Waals surface area contributed by atoms with E-state index in [0.717, 1.165) is 43.9 Å². The number of amides is 1. The Morgan fingerprint density at radius 1 is 1.07 bits per heavy atom. The SMILES string of the molecule is CCN1CCc2cccc(OCC(=O)N(CCN(C)C)Cc3ccccc3)c2C1. The third kappa shape index (κ3) is 6.05. The maximum Gasteiger partial charge on any atom is 0.260 e. The van der Waals surface area contributed by atoms with E-state index in [1.165, 1.54) is 11.1 Å². The van der Waals surface area contributed by atoms with Crippen molar-refractivity contribution in [2.45, 2.75) is 26.4 Å². The Morgan fingerprint density at radius 3 is 2.59 bits per heavy atom. The van der Waals surface area contributed by atoms with E-state index in [2.05, 4.69) is 34.9 Å². The van der Waals surface area contributed by atoms with Gasteiger partial charge in [0.25, 0.3) is 5.91 Å². The van der Waals surface area contributed by atoms with Crippen LogP contribution in [-0.4, -0.2) is 67.5 Å². The second-order valence-corrected chi connectivity index (χ2v) is 7.91. The lowest BCUT2D eigenvalue weighted by atomic mass is 9.99. The van der Waals surface area contributed by atoms with Gasteiger partial charge in [0.15, 0.2) is 6.61 Å². The number of likely N-dealkylation sites (N-methyl/N-ethyl adjacent to an activating group) is 2. The van der Waals surface area contributed by atoms with Crippen LogP contribution in [0.1, 0.15) is 23.6 Å². The van der Waals surface area contributed by atoms with Crippen molar-refractivity contribution in [2.24, 2.45) is 0 Å². The van der Waals surface area contributed by atoms with Crippen LogP contribution in [0.5, 0.6) is 5.75 Å². The first-order valence-electron chi connectivity index (χ1n) is 10.5. The largest absolute Gasteiger partial charge is 0.483 e. The summed E-state index contributed by atoms with van der Waals surface area (Å²) in [5, 5.41) is 0. The molecule has 0 spiro atoms. The first kappa shape index (κ1) is 21.3. The third-order valence-electron chi connectivity index (χ3n) is 5.49. The van der Waals surface area contributed by atoms with Crippen molar-refractivity contribution in [1.29, 1.82) is 0 Å². The van der Waals surface area contributed by atoms with Crippen LogP contribution in [0.15, 0.2) is 48.5 Å². The summed E-state index contributed by atoms with van der Waals surface area (Å²) in [4.78, 5) is 19.4. The molecule has 1 heterocycles. The number of hydrogen-bond acceptors (Lipinski definition) is 4. The van der Waals surface area contributed by atoms with Crippen LogP contribution in [-0.2, 0) is 24.3 Å². The van der Waals surface area contributed by atoms with Gasteiger partial charge in [0.2, 0.25) is 0 Å². The molecule has 156 valence electrons. The summed E-state index contributed by atoms with van der Waals surface area (Å²) in [6.07, 6.45) is 1.04. The lowest BCUT2D eigenvalue weighted by Crippen LogP contribution is -2.39. The van der Waals surface area contributed by atoms with Gasteiger partial charge in [-0.25, -0.2) is 0 Å². The van der Waals surface area contributed by atoms with Gasteiger partial charge in [-0.15, -0.1) is 0 Å². The van der Waals surface area contributed by atoms with Crippen LogP contribution in [0, 0.1) is 0 Å². The molecule has 2 aromatic rings. The van der Waals surface area contributed by atoms with Gasteiger partial charge in [0, 0.05) is 38.3 Å². The molecule has 0 saturated heterocycles. The Kier molecular flexibility index (Phi) is 7.67. The highest BCUT2D eigenvalue weighted by molar-refractivity contribution is 5.77. The van der Waals surface area contributed by atoms with Crippen molar-refractivity contribution >= 4 is 5.91 Å². The molecule has 3 rings (SSSR count). The van der Waals surface area contributed by atoms with Crippen molar-refractivity contribution in [2.75, 3.05) is 46.9 Å². The lowest BCUT2D eigenvalue weighted by Gasteiger charge is -2.29. The van der Waals surface area contributed by atoms with Crippen molar-refractivity contribution in [3.8, 4) is 5.75 Å². The van der Waals surface area contributed by atoms with Crippen LogP contribution in [0.4, 0.5) is 0 Å². The van der Waals surface area contributed by atoms with Gasteiger partial charge < -0.3 is 14.5 Å². The standard InChI is InChI=1S/C24H33N3O2/c1-4-26-14-13-21-11-8-12-23(22(21)18-26)29-19-24(28)27(16-15-25(2)3)17-20-9-6-5-7-10-20/h5-12H,4,13-19H2,1-3H3. The molecule has 0 aromatic heterocycles. The fourth-order valence-electron chi connectivity index (χ4n) is 3.66. The number of carbonyl (C=O) groups excluding carboxylic acids is 1. The first-order chi connectivity index (χ1) is 14.1. The van der Waals surface area contributed by atoms with E-state index in [4.69, 9.17) is 4.74 Å². The number of benzene rings is 2. The molecule has 0 saturated carbocycles. The molecule has 29 heavy (non-hydrogen) atoms. The molecule has 1 aliphatic rings. The van der Waals surface area contributed by atoms with Gasteiger partial charge >= 0.3 is 0 Å². The summed E-state index contributed by atoms with van der Waals surface area (Å²) in [7, 11) is 4.05. The predicted octanol–water partition coefficient (Wildman–Crippen LogP) is 3.03. The van der Waals surface area contributed by atoms with Crippen molar-refractivity contribution < 1.29 is 9.53 Å². The summed E-state index contributed by atoms with van der Waals surface area (Å²) >= 11 is 0. The van der Waals surface area contributed by atoms with Crippen molar-refractivity contribution in [3.63, 3.8) is 0 Å². The molecule has 0 atom stereocenters. The molecule has 5 nitrogen and oxygen atoms in total. The second-order valence-electron chi connectivity index (χ2n) is 7.91. The molecule has 5 heteroatoms. The van der Waals surface area contributed by atoms with Crippen molar-refractivity contribution in [3.05, 3.63) is 65.2 Å². The van der Waals surface area contributed by atoms with E-state index in [9.17, 15) is 4.79 Å². The van der Waals surface area contributed by atoms with Gasteiger partial charge in [-0.05, 0) is 44.3 Å². The van der Waals surface area contributed by atoms with E-state index in [0.29, 0.717) is 13.1 Å². The summed E-state index contributed by atoms with van der Waals surface area (Å²) in [6, 6.07) is 16.3. The maximum atomic E-state index is 13.0. The number of hydrogen-bond donors (Lipinski definition) is 0. The average molecular weight is 396 g/mol. The van der Waals surface area contributed by atoms with Gasteiger partial charge in [0.05, 0.1) is 0 Å². The van der Waals surface area contributed by atoms with Crippen LogP contribution in [0.25, 0.3) is 0 Å². The smallest absolute Gasteiger partial charge is 0.260 e. The molecule has 0 unspecified atom stereocenters. The molecule has 0 fully saturated rings. The van der Waals surface area contributed by atoms with E-state index in [1.54, 1.807) is 0 Å². The average Bonchev–Trinajstić information content (AvgIpc) is 2.75. The van der Waals surface area contributed by atoms with Crippen LogP contribution < -0.4 is 4.74 Å². The first-order valence-corrected chi connectivity index (χ1v) is 10.5. The highest BCUT2D eigenvalue weighted by Crippen LogP contribution is 2.28. The van der Waals surface area contributed by atoms with Crippen LogP contribution in [0.2, 0.25) is 0 Å². The fourth-order valence-corrected chi connectivity index (χ4v) is 3.66. The normalized spacial score (nSPS) is 13.9. The molecule has 0 aliphatic carbocycles. The lowest BCUT2D eigenvalue weighted by molar-refractivity contribution is -0.134. The number of carbonyl (C=O) groups is 1. The van der Waals surface area contributed by atoms with E-state index in [-0.39, 0.29) is 12.5 Å². The van der Waals surface area contributed by atoms with Gasteiger partial charge in [-0.2, -0.15) is 0 Å². The number of fused-ring (bicyclic) bond motifs is 1. The Hall–Kier alpha value is -2.37. The van der Waals surface area contributed by atoms with E-state index in [1.807, 2.05) is 49.3 Å². The summed E-state index contributed by atoms with van der Waals surface area (Å²) in [6.45, 7) is 7.37. The molecular formula is C24H33N3O2. The molecule has 0 bridgehead atoms. The number of ether oxygens (including phenoxy) is 1. The minimum Gasteiger partial charge on any atom is -0.483 e. The Morgan fingerprint density at radius 2 is 1.86 bits per heavy atom. The number of rotatable bonds is 9. The monoisotopic (exact) mass is 395 g/mol. The minimum atomic E-state index is 0.0245. The van der Waals surface area contributed by atoms with Crippen LogP contribution in [0.3, 0.4) is 0 Å². The van der Waals surface area contributed by atoms with E-state index >= 15 is 0 Å². The van der Waals surface area contributed by atoms with Gasteiger partial charge in [0.1, 0.15) is 5.75 Å². The second kappa shape index (κ2) is 10.4. The Labute approximate surface area is 174 Å². The van der Waals surface area contributed by atoms with Gasteiger partial charge in [-0.1, -0.05) is 49.4 Å². The van der Waals surface area contributed by atoms with Crippen LogP contribution >= 0.6 is 0 Å². The highest BCUT2D eigenvalue weighted by atomic mass is 16.5. The summed E-state index contributed by atoms with van der Waals surface area (Å²) in [5.41, 5.74) is 3.71. The molecule has 1 amide bonds. The molecule has 0 N–H and O–H groups in total. The number of nitrogens with zero attached hydrogens (tertiary/aromatic N) is 3. The Balaban J connectivity index is 1.67. The quantitative estimate of drug-likeness (QED) is 0.654. The maximum absolute atomic E-state index is 13.0. The van der Waals surface area contributed by atoms with Crippen molar-refractivity contribution in [1.82, 2.24) is 14.7 Å². The zero-order valence-electron chi connectivity index (χ0n) is 17.9. The fraction of sp³-hybridized carbons (Fsp3) is 0.458. The molecule has 1 aliphatic heterocycles. The summed E-state index contributed by atoms with van der Waals surface area (Å²) in [5.74, 6) is 0.873.